The van der Waals surface area contributed by atoms with Gasteiger partial charge in [0, 0.05) is 0 Å². The lowest BCUT2D eigenvalue weighted by molar-refractivity contribution is 0.314. The average Bonchev–Trinajstić information content (AvgIpc) is 2.37. The van der Waals surface area contributed by atoms with Gasteiger partial charge in [-0.25, -0.2) is 4.39 Å². The third kappa shape index (κ3) is 7.64. The average molecular weight is 279 g/mol. The third-order valence-corrected chi connectivity index (χ3v) is 3.60. The summed E-state index contributed by atoms with van der Waals surface area (Å²) in [6.45, 7) is 11.2. The molecule has 0 saturated carbocycles. The van der Waals surface area contributed by atoms with Crippen molar-refractivity contribution in [1.82, 2.24) is 5.32 Å². The highest BCUT2D eigenvalue weighted by Crippen LogP contribution is 2.25. The summed E-state index contributed by atoms with van der Waals surface area (Å²) in [7, 11) is 0. The molecule has 0 amide bonds. The van der Waals surface area contributed by atoms with Crippen LogP contribution in [0.25, 0.3) is 0 Å². The van der Waals surface area contributed by atoms with Crippen molar-refractivity contribution in [1.29, 1.82) is 0 Å². The van der Waals surface area contributed by atoms with Gasteiger partial charge in [-0.3, -0.25) is 0 Å². The van der Waals surface area contributed by atoms with E-state index in [4.69, 9.17) is 0 Å². The predicted octanol–water partition coefficient (Wildman–Crippen LogP) is 4.81. The Balaban J connectivity index is 2.54. The Morgan fingerprint density at radius 1 is 1.15 bits per heavy atom. The number of rotatable bonds is 8. The van der Waals surface area contributed by atoms with E-state index >= 15 is 0 Å². The molecule has 0 saturated heterocycles. The molecule has 0 bridgehead atoms. The Hall–Kier alpha value is -0.890. The topological polar surface area (TPSA) is 12.0 Å². The largest absolute Gasteiger partial charge is 0.316 e. The van der Waals surface area contributed by atoms with Crippen molar-refractivity contribution < 1.29 is 4.39 Å². The Kier molecular flexibility index (Phi) is 7.22. The molecule has 2 heteroatoms. The Labute approximate surface area is 124 Å². The van der Waals surface area contributed by atoms with Gasteiger partial charge < -0.3 is 5.32 Å². The molecule has 0 aliphatic heterocycles. The maximum atomic E-state index is 13.0. The number of halogens is 1. The molecule has 0 radical (unpaired) electrons. The second-order valence-corrected chi connectivity index (χ2v) is 7.00. The van der Waals surface area contributed by atoms with Crippen LogP contribution in [0.5, 0.6) is 0 Å². The molecule has 0 aromatic heterocycles. The lowest BCUT2D eigenvalue weighted by atomic mass is 9.84. The SMILES string of the molecule is CCCNCC(CCC(C)(C)C)Cc1ccc(F)cc1. The molecule has 1 N–H and O–H groups in total. The molecule has 0 spiro atoms. The molecule has 114 valence electrons. The van der Waals surface area contributed by atoms with Crippen LogP contribution in [0.15, 0.2) is 24.3 Å². The summed E-state index contributed by atoms with van der Waals surface area (Å²) in [5.74, 6) is 0.482. The molecule has 20 heavy (non-hydrogen) atoms. The monoisotopic (exact) mass is 279 g/mol. The summed E-state index contributed by atoms with van der Waals surface area (Å²) in [4.78, 5) is 0. The summed E-state index contributed by atoms with van der Waals surface area (Å²) < 4.78 is 13.0. The van der Waals surface area contributed by atoms with Gasteiger partial charge in [0.2, 0.25) is 0 Å². The first-order valence-electron chi connectivity index (χ1n) is 7.86. The van der Waals surface area contributed by atoms with E-state index in [1.165, 1.54) is 24.8 Å². The van der Waals surface area contributed by atoms with Crippen LogP contribution < -0.4 is 5.32 Å². The van der Waals surface area contributed by atoms with Crippen molar-refractivity contribution >= 4 is 0 Å². The Bertz CT molecular complexity index is 364. The Morgan fingerprint density at radius 3 is 2.35 bits per heavy atom. The van der Waals surface area contributed by atoms with Crippen molar-refractivity contribution in [3.05, 3.63) is 35.6 Å². The fourth-order valence-corrected chi connectivity index (χ4v) is 2.35. The van der Waals surface area contributed by atoms with Crippen LogP contribution in [0.3, 0.4) is 0 Å². The standard InChI is InChI=1S/C18H30FN/c1-5-12-20-14-16(10-11-18(2,3)4)13-15-6-8-17(19)9-7-15/h6-9,16,20H,5,10-14H2,1-4H3. The first kappa shape index (κ1) is 17.2. The first-order valence-corrected chi connectivity index (χ1v) is 7.86. The van der Waals surface area contributed by atoms with Crippen molar-refractivity contribution in [2.75, 3.05) is 13.1 Å². The Morgan fingerprint density at radius 2 is 1.80 bits per heavy atom. The zero-order valence-corrected chi connectivity index (χ0v) is 13.5. The normalized spacial score (nSPS) is 13.4. The van der Waals surface area contributed by atoms with Crippen molar-refractivity contribution in [3.8, 4) is 0 Å². The van der Waals surface area contributed by atoms with E-state index in [1.807, 2.05) is 12.1 Å². The van der Waals surface area contributed by atoms with Crippen LogP contribution in [0.2, 0.25) is 0 Å². The smallest absolute Gasteiger partial charge is 0.123 e. The van der Waals surface area contributed by atoms with Crippen LogP contribution in [-0.2, 0) is 6.42 Å². The van der Waals surface area contributed by atoms with Crippen LogP contribution in [-0.4, -0.2) is 13.1 Å². The van der Waals surface area contributed by atoms with Gasteiger partial charge in [-0.1, -0.05) is 39.8 Å². The third-order valence-electron chi connectivity index (χ3n) is 3.60. The summed E-state index contributed by atoms with van der Waals surface area (Å²) >= 11 is 0. The van der Waals surface area contributed by atoms with Gasteiger partial charge in [0.1, 0.15) is 5.82 Å². The first-order chi connectivity index (χ1) is 9.40. The fraction of sp³-hybridized carbons (Fsp3) is 0.667. The molecule has 0 aliphatic rings. The number of hydrogen-bond acceptors (Lipinski definition) is 1. The van der Waals surface area contributed by atoms with Gasteiger partial charge in [0.15, 0.2) is 0 Å². The van der Waals surface area contributed by atoms with Gasteiger partial charge in [0.05, 0.1) is 0 Å². The van der Waals surface area contributed by atoms with E-state index < -0.39 is 0 Å². The maximum Gasteiger partial charge on any atom is 0.123 e. The second-order valence-electron chi connectivity index (χ2n) is 7.00. The van der Waals surface area contributed by atoms with Gasteiger partial charge in [-0.05, 0) is 67.8 Å². The highest BCUT2D eigenvalue weighted by atomic mass is 19.1. The summed E-state index contributed by atoms with van der Waals surface area (Å²) in [5.41, 5.74) is 1.62. The van der Waals surface area contributed by atoms with Gasteiger partial charge >= 0.3 is 0 Å². The fourth-order valence-electron chi connectivity index (χ4n) is 2.35. The van der Waals surface area contributed by atoms with Crippen molar-refractivity contribution in [2.24, 2.45) is 11.3 Å². The second kappa shape index (κ2) is 8.41. The van der Waals surface area contributed by atoms with Gasteiger partial charge in [-0.2, -0.15) is 0 Å². The molecule has 1 aromatic carbocycles. The maximum absolute atomic E-state index is 13.0. The molecule has 0 fully saturated rings. The predicted molar refractivity (Wildman–Crippen MR) is 85.4 cm³/mol. The summed E-state index contributed by atoms with van der Waals surface area (Å²) in [6, 6.07) is 6.96. The van der Waals surface area contributed by atoms with E-state index in [-0.39, 0.29) is 5.82 Å². The summed E-state index contributed by atoms with van der Waals surface area (Å²) in [6.07, 6.45) is 4.65. The lowest BCUT2D eigenvalue weighted by Crippen LogP contribution is -2.26. The molecule has 1 unspecified atom stereocenters. The van der Waals surface area contributed by atoms with E-state index in [0.29, 0.717) is 11.3 Å². The van der Waals surface area contributed by atoms with Crippen LogP contribution in [0, 0.1) is 17.2 Å². The highest BCUT2D eigenvalue weighted by Gasteiger charge is 2.15. The summed E-state index contributed by atoms with van der Waals surface area (Å²) in [5, 5.41) is 3.53. The zero-order valence-electron chi connectivity index (χ0n) is 13.5. The molecular formula is C18H30FN. The number of hydrogen-bond donors (Lipinski definition) is 1. The van der Waals surface area contributed by atoms with E-state index in [1.54, 1.807) is 12.1 Å². The molecule has 1 aromatic rings. The zero-order chi connectivity index (χ0) is 15.0. The lowest BCUT2D eigenvalue weighted by Gasteiger charge is -2.23. The van der Waals surface area contributed by atoms with E-state index in [2.05, 4.69) is 33.0 Å². The number of benzene rings is 1. The van der Waals surface area contributed by atoms with Crippen molar-refractivity contribution in [2.45, 2.75) is 53.4 Å². The molecular weight excluding hydrogens is 249 g/mol. The van der Waals surface area contributed by atoms with Crippen molar-refractivity contribution in [3.63, 3.8) is 0 Å². The molecule has 1 rings (SSSR count). The molecule has 1 atom stereocenters. The van der Waals surface area contributed by atoms with E-state index in [0.717, 1.165) is 19.5 Å². The minimum Gasteiger partial charge on any atom is -0.316 e. The molecule has 0 heterocycles. The van der Waals surface area contributed by atoms with E-state index in [9.17, 15) is 4.39 Å². The minimum atomic E-state index is -0.149. The van der Waals surface area contributed by atoms with Crippen LogP contribution in [0.1, 0.15) is 52.5 Å². The molecule has 1 nitrogen and oxygen atoms in total. The van der Waals surface area contributed by atoms with Gasteiger partial charge in [-0.15, -0.1) is 0 Å². The van der Waals surface area contributed by atoms with Crippen LogP contribution in [0.4, 0.5) is 4.39 Å². The quantitative estimate of drug-likeness (QED) is 0.673. The van der Waals surface area contributed by atoms with Gasteiger partial charge in [0.25, 0.3) is 0 Å². The molecule has 0 aliphatic carbocycles. The number of nitrogens with one attached hydrogen (secondary N) is 1. The highest BCUT2D eigenvalue weighted by molar-refractivity contribution is 5.16. The van der Waals surface area contributed by atoms with Crippen LogP contribution >= 0.6 is 0 Å². The minimum absolute atomic E-state index is 0.149.